The average Bonchev–Trinajstić information content (AvgIpc) is 2.85. The maximum absolute atomic E-state index is 5.32. The lowest BCUT2D eigenvalue weighted by molar-refractivity contribution is 0.153. The van der Waals surface area contributed by atoms with Gasteiger partial charge in [-0.1, -0.05) is 0 Å². The van der Waals surface area contributed by atoms with Crippen molar-refractivity contribution >= 4 is 10.9 Å². The monoisotopic (exact) mass is 301 g/mol. The van der Waals surface area contributed by atoms with Gasteiger partial charge in [0, 0.05) is 49.8 Å². The quantitative estimate of drug-likeness (QED) is 0.846. The SMILES string of the molecule is COc1ccc2c(c1)cc(CCCN1CCN(C)CC1)n2C. The highest BCUT2D eigenvalue weighted by molar-refractivity contribution is 5.82. The Balaban J connectivity index is 1.60. The minimum absolute atomic E-state index is 0.932. The fraction of sp³-hybridized carbons (Fsp3) is 0.556. The molecule has 4 heteroatoms. The molecule has 0 unspecified atom stereocenters. The van der Waals surface area contributed by atoms with E-state index in [1.165, 1.54) is 55.7 Å². The van der Waals surface area contributed by atoms with Crippen molar-refractivity contribution in [3.05, 3.63) is 30.0 Å². The van der Waals surface area contributed by atoms with Gasteiger partial charge in [-0.15, -0.1) is 0 Å². The number of aromatic nitrogens is 1. The number of hydrogen-bond donors (Lipinski definition) is 0. The van der Waals surface area contributed by atoms with Crippen LogP contribution in [0, 0.1) is 0 Å². The van der Waals surface area contributed by atoms with Gasteiger partial charge in [0.25, 0.3) is 0 Å². The number of rotatable bonds is 5. The number of benzene rings is 1. The summed E-state index contributed by atoms with van der Waals surface area (Å²) in [6, 6.07) is 8.62. The second kappa shape index (κ2) is 6.71. The van der Waals surface area contributed by atoms with Crippen molar-refractivity contribution in [2.75, 3.05) is 46.9 Å². The normalized spacial score (nSPS) is 17.2. The van der Waals surface area contributed by atoms with E-state index in [4.69, 9.17) is 4.74 Å². The van der Waals surface area contributed by atoms with Crippen molar-refractivity contribution in [3.8, 4) is 5.75 Å². The van der Waals surface area contributed by atoms with Crippen LogP contribution in [0.2, 0.25) is 0 Å². The van der Waals surface area contributed by atoms with E-state index in [1.54, 1.807) is 7.11 Å². The lowest BCUT2D eigenvalue weighted by Crippen LogP contribution is -2.44. The van der Waals surface area contributed by atoms with Gasteiger partial charge in [-0.05, 0) is 50.7 Å². The van der Waals surface area contributed by atoms with E-state index >= 15 is 0 Å². The van der Waals surface area contributed by atoms with Crippen molar-refractivity contribution in [3.63, 3.8) is 0 Å². The largest absolute Gasteiger partial charge is 0.497 e. The van der Waals surface area contributed by atoms with Gasteiger partial charge in [-0.25, -0.2) is 0 Å². The zero-order chi connectivity index (χ0) is 15.5. The van der Waals surface area contributed by atoms with Crippen LogP contribution in [0.3, 0.4) is 0 Å². The fourth-order valence-corrected chi connectivity index (χ4v) is 3.31. The topological polar surface area (TPSA) is 20.6 Å². The average molecular weight is 301 g/mol. The number of fused-ring (bicyclic) bond motifs is 1. The first-order chi connectivity index (χ1) is 10.7. The van der Waals surface area contributed by atoms with Crippen molar-refractivity contribution < 1.29 is 4.74 Å². The number of hydrogen-bond acceptors (Lipinski definition) is 3. The molecule has 0 amide bonds. The molecule has 3 rings (SSSR count). The summed E-state index contributed by atoms with van der Waals surface area (Å²) in [5.41, 5.74) is 2.70. The van der Waals surface area contributed by atoms with Crippen LogP contribution in [0.5, 0.6) is 5.75 Å². The highest BCUT2D eigenvalue weighted by Gasteiger charge is 2.13. The molecule has 22 heavy (non-hydrogen) atoms. The fourth-order valence-electron chi connectivity index (χ4n) is 3.31. The summed E-state index contributed by atoms with van der Waals surface area (Å²) in [4.78, 5) is 5.00. The van der Waals surface area contributed by atoms with Gasteiger partial charge in [0.2, 0.25) is 0 Å². The minimum Gasteiger partial charge on any atom is -0.497 e. The summed E-state index contributed by atoms with van der Waals surface area (Å²) < 4.78 is 7.64. The summed E-state index contributed by atoms with van der Waals surface area (Å²) >= 11 is 0. The van der Waals surface area contributed by atoms with Gasteiger partial charge < -0.3 is 19.1 Å². The van der Waals surface area contributed by atoms with E-state index in [1.807, 2.05) is 6.07 Å². The molecule has 0 bridgehead atoms. The first-order valence-electron chi connectivity index (χ1n) is 8.20. The molecule has 0 atom stereocenters. The number of ether oxygens (including phenoxy) is 1. The lowest BCUT2D eigenvalue weighted by Gasteiger charge is -2.32. The second-order valence-electron chi connectivity index (χ2n) is 6.37. The van der Waals surface area contributed by atoms with Crippen molar-refractivity contribution in [2.24, 2.45) is 7.05 Å². The highest BCUT2D eigenvalue weighted by atomic mass is 16.5. The van der Waals surface area contributed by atoms with Gasteiger partial charge in [0.1, 0.15) is 5.75 Å². The Bertz CT molecular complexity index is 627. The van der Waals surface area contributed by atoms with Gasteiger partial charge in [-0.3, -0.25) is 0 Å². The third-order valence-electron chi connectivity index (χ3n) is 4.85. The molecule has 1 saturated heterocycles. The maximum Gasteiger partial charge on any atom is 0.119 e. The lowest BCUT2D eigenvalue weighted by atomic mass is 10.2. The number of likely N-dealkylation sites (N-methyl/N-ethyl adjacent to an activating group) is 1. The van der Waals surface area contributed by atoms with Gasteiger partial charge in [0.05, 0.1) is 7.11 Å². The summed E-state index contributed by atoms with van der Waals surface area (Å²) in [5, 5.41) is 1.27. The molecule has 1 aromatic heterocycles. The molecule has 4 nitrogen and oxygen atoms in total. The maximum atomic E-state index is 5.32. The predicted octanol–water partition coefficient (Wildman–Crippen LogP) is 2.37. The van der Waals surface area contributed by atoms with E-state index in [2.05, 4.69) is 46.7 Å². The molecule has 1 aliphatic rings. The first kappa shape index (κ1) is 15.4. The van der Waals surface area contributed by atoms with Gasteiger partial charge in [-0.2, -0.15) is 0 Å². The van der Waals surface area contributed by atoms with Gasteiger partial charge >= 0.3 is 0 Å². The first-order valence-corrected chi connectivity index (χ1v) is 8.20. The van der Waals surface area contributed by atoms with Crippen molar-refractivity contribution in [1.29, 1.82) is 0 Å². The number of methoxy groups -OCH3 is 1. The van der Waals surface area contributed by atoms with Crippen molar-refractivity contribution in [1.82, 2.24) is 14.4 Å². The molecule has 120 valence electrons. The van der Waals surface area contributed by atoms with Crippen molar-refractivity contribution in [2.45, 2.75) is 12.8 Å². The third-order valence-corrected chi connectivity index (χ3v) is 4.85. The van der Waals surface area contributed by atoms with E-state index in [0.29, 0.717) is 0 Å². The molecular weight excluding hydrogens is 274 g/mol. The zero-order valence-electron chi connectivity index (χ0n) is 14.0. The number of piperazine rings is 1. The predicted molar refractivity (Wildman–Crippen MR) is 91.7 cm³/mol. The zero-order valence-corrected chi connectivity index (χ0v) is 14.0. The Morgan fingerprint density at radius 2 is 1.82 bits per heavy atom. The molecule has 2 heterocycles. The molecule has 0 saturated carbocycles. The Morgan fingerprint density at radius 1 is 1.05 bits per heavy atom. The number of nitrogens with zero attached hydrogens (tertiary/aromatic N) is 3. The van der Waals surface area contributed by atoms with E-state index in [9.17, 15) is 0 Å². The van der Waals surface area contributed by atoms with E-state index in [0.717, 1.165) is 12.2 Å². The standard InChI is InChI=1S/C18H27N3O/c1-19-9-11-21(12-10-19)8-4-5-16-13-15-14-17(22-3)6-7-18(15)20(16)2/h6-7,13-14H,4-5,8-12H2,1-3H3. The smallest absolute Gasteiger partial charge is 0.119 e. The Kier molecular flexibility index (Phi) is 4.69. The van der Waals surface area contributed by atoms with Crippen LogP contribution in [0.1, 0.15) is 12.1 Å². The van der Waals surface area contributed by atoms with Crippen LogP contribution >= 0.6 is 0 Å². The van der Waals surface area contributed by atoms with Crippen LogP contribution in [0.15, 0.2) is 24.3 Å². The second-order valence-corrected chi connectivity index (χ2v) is 6.37. The van der Waals surface area contributed by atoms with E-state index < -0.39 is 0 Å². The van der Waals surface area contributed by atoms with Crippen LogP contribution in [0.25, 0.3) is 10.9 Å². The molecule has 1 aliphatic heterocycles. The Labute approximate surface area is 133 Å². The van der Waals surface area contributed by atoms with Crippen LogP contribution in [0.4, 0.5) is 0 Å². The molecule has 0 aliphatic carbocycles. The summed E-state index contributed by atoms with van der Waals surface area (Å²) in [6.45, 7) is 6.03. The molecule has 0 spiro atoms. The third kappa shape index (κ3) is 3.28. The van der Waals surface area contributed by atoms with Gasteiger partial charge in [0.15, 0.2) is 0 Å². The minimum atomic E-state index is 0.932. The van der Waals surface area contributed by atoms with Crippen LogP contribution < -0.4 is 4.74 Å². The molecular formula is C18H27N3O. The van der Waals surface area contributed by atoms with Crippen LogP contribution in [-0.2, 0) is 13.5 Å². The summed E-state index contributed by atoms with van der Waals surface area (Å²) in [6.07, 6.45) is 2.37. The summed E-state index contributed by atoms with van der Waals surface area (Å²) in [5.74, 6) is 0.932. The molecule has 2 aromatic rings. The van der Waals surface area contributed by atoms with Crippen LogP contribution in [-0.4, -0.2) is 61.2 Å². The molecule has 0 radical (unpaired) electrons. The Morgan fingerprint density at radius 3 is 2.55 bits per heavy atom. The van der Waals surface area contributed by atoms with E-state index in [-0.39, 0.29) is 0 Å². The number of aryl methyl sites for hydroxylation is 2. The highest BCUT2D eigenvalue weighted by Crippen LogP contribution is 2.24. The molecule has 1 fully saturated rings. The molecule has 1 aromatic carbocycles. The Hall–Kier alpha value is -1.52. The molecule has 0 N–H and O–H groups in total. The summed E-state index contributed by atoms with van der Waals surface area (Å²) in [7, 11) is 6.10.